The van der Waals surface area contributed by atoms with Crippen molar-refractivity contribution in [3.63, 3.8) is 0 Å². The average Bonchev–Trinajstić information content (AvgIpc) is 1.83. The maximum absolute atomic E-state index is 9.63. The molecular weight excluding hydrogens is 108 g/mol. The van der Waals surface area contributed by atoms with Gasteiger partial charge in [0.2, 0.25) is 0 Å². The lowest BCUT2D eigenvalue weighted by Crippen LogP contribution is -2.06. The summed E-state index contributed by atoms with van der Waals surface area (Å²) in [6.45, 7) is 0. The second-order valence-corrected chi connectivity index (χ2v) is 1.39. The van der Waals surface area contributed by atoms with Crippen molar-refractivity contribution >= 4 is 12.6 Å². The molecule has 1 N–H and O–H groups in total. The van der Waals surface area contributed by atoms with Gasteiger partial charge in [-0.1, -0.05) is 0 Å². The lowest BCUT2D eigenvalue weighted by molar-refractivity contribution is -0.115. The minimum atomic E-state index is -0.989. The average molecular weight is 115 g/mol. The number of carbonyl (C=O) groups excluding carboxylic acids is 2. The molecule has 0 bridgehead atoms. The number of aliphatic hydroxyl groups is 1. The second kappa shape index (κ2) is 4.46. The normalized spacial score (nSPS) is 12.6. The summed E-state index contributed by atoms with van der Waals surface area (Å²) in [5, 5.41) is 8.44. The Morgan fingerprint density at radius 1 is 1.75 bits per heavy atom. The number of rotatable bonds is 4. The highest BCUT2D eigenvalue weighted by Crippen LogP contribution is 1.88. The number of aldehydes is 1. The highest BCUT2D eigenvalue weighted by atomic mass is 16.3. The Balaban J connectivity index is 3.09. The van der Waals surface area contributed by atoms with Crippen LogP contribution in [0.15, 0.2) is 0 Å². The van der Waals surface area contributed by atoms with Gasteiger partial charge in [0.25, 0.3) is 0 Å². The summed E-state index contributed by atoms with van der Waals surface area (Å²) in [6.07, 6.45) is 1.29. The molecule has 1 atom stereocenters. The molecule has 45 valence electrons. The van der Waals surface area contributed by atoms with E-state index in [-0.39, 0.29) is 12.8 Å². The molecule has 0 aliphatic rings. The zero-order valence-electron chi connectivity index (χ0n) is 4.33. The van der Waals surface area contributed by atoms with Gasteiger partial charge in [0.1, 0.15) is 12.4 Å². The van der Waals surface area contributed by atoms with Gasteiger partial charge in [-0.2, -0.15) is 0 Å². The first-order chi connectivity index (χ1) is 3.81. The highest BCUT2D eigenvalue weighted by molar-refractivity contribution is 5.57. The van der Waals surface area contributed by atoms with Crippen LogP contribution in [0.2, 0.25) is 0 Å². The Labute approximate surface area is 47.3 Å². The maximum atomic E-state index is 9.63. The number of carbonyl (C=O) groups is 1. The summed E-state index contributed by atoms with van der Waals surface area (Å²) in [5.74, 6) is 0. The lowest BCUT2D eigenvalue weighted by Gasteiger charge is -1.93. The van der Waals surface area contributed by atoms with Crippen molar-refractivity contribution < 1.29 is 14.7 Å². The molecule has 1 radical (unpaired) electrons. The van der Waals surface area contributed by atoms with E-state index in [4.69, 9.17) is 5.11 Å². The van der Waals surface area contributed by atoms with Crippen LogP contribution in [0.3, 0.4) is 0 Å². The molecule has 0 heterocycles. The number of hydrogen-bond donors (Lipinski definition) is 1. The first-order valence-corrected chi connectivity index (χ1v) is 2.29. The Morgan fingerprint density at radius 3 is 2.75 bits per heavy atom. The van der Waals surface area contributed by atoms with E-state index in [9.17, 15) is 9.59 Å². The van der Waals surface area contributed by atoms with E-state index in [1.165, 1.54) is 0 Å². The van der Waals surface area contributed by atoms with E-state index >= 15 is 0 Å². The SMILES string of the molecule is O=[C]CCC(O)C=O. The maximum Gasteiger partial charge on any atom is 0.198 e. The lowest BCUT2D eigenvalue weighted by atomic mass is 10.2. The molecule has 0 rings (SSSR count). The topological polar surface area (TPSA) is 54.4 Å². The third-order valence-electron chi connectivity index (χ3n) is 0.699. The van der Waals surface area contributed by atoms with Crippen LogP contribution in [0.25, 0.3) is 0 Å². The first kappa shape index (κ1) is 7.30. The third-order valence-corrected chi connectivity index (χ3v) is 0.699. The minimum Gasteiger partial charge on any atom is -0.386 e. The van der Waals surface area contributed by atoms with Crippen LogP contribution >= 0.6 is 0 Å². The van der Waals surface area contributed by atoms with Crippen molar-refractivity contribution in [2.75, 3.05) is 0 Å². The quantitative estimate of drug-likeness (QED) is 0.499. The molecule has 0 spiro atoms. The van der Waals surface area contributed by atoms with E-state index in [1.54, 1.807) is 6.29 Å². The van der Waals surface area contributed by atoms with Crippen molar-refractivity contribution in [1.82, 2.24) is 0 Å². The Hall–Kier alpha value is -0.700. The molecule has 3 heteroatoms. The number of aliphatic hydroxyl groups excluding tert-OH is 1. The van der Waals surface area contributed by atoms with Crippen LogP contribution in [0.4, 0.5) is 0 Å². The van der Waals surface area contributed by atoms with Crippen LogP contribution in [-0.4, -0.2) is 23.8 Å². The summed E-state index contributed by atoms with van der Waals surface area (Å²) in [7, 11) is 0. The van der Waals surface area contributed by atoms with Crippen LogP contribution in [0, 0.1) is 0 Å². The molecule has 0 aromatic carbocycles. The predicted molar refractivity (Wildman–Crippen MR) is 27.0 cm³/mol. The van der Waals surface area contributed by atoms with Crippen molar-refractivity contribution in [2.45, 2.75) is 18.9 Å². The van der Waals surface area contributed by atoms with Gasteiger partial charge in [0.15, 0.2) is 6.29 Å². The van der Waals surface area contributed by atoms with Crippen molar-refractivity contribution in [2.24, 2.45) is 0 Å². The van der Waals surface area contributed by atoms with Crippen LogP contribution in [-0.2, 0) is 9.59 Å². The largest absolute Gasteiger partial charge is 0.386 e. The molecule has 1 unspecified atom stereocenters. The number of hydrogen-bond acceptors (Lipinski definition) is 3. The van der Waals surface area contributed by atoms with E-state index in [1.807, 2.05) is 0 Å². The van der Waals surface area contributed by atoms with E-state index in [0.29, 0.717) is 6.29 Å². The molecule has 8 heavy (non-hydrogen) atoms. The highest BCUT2D eigenvalue weighted by Gasteiger charge is 1.98. The van der Waals surface area contributed by atoms with Gasteiger partial charge < -0.3 is 9.90 Å². The van der Waals surface area contributed by atoms with Crippen molar-refractivity contribution in [3.05, 3.63) is 0 Å². The molecule has 0 aromatic heterocycles. The van der Waals surface area contributed by atoms with Crippen LogP contribution in [0.5, 0.6) is 0 Å². The van der Waals surface area contributed by atoms with E-state index < -0.39 is 6.10 Å². The first-order valence-electron chi connectivity index (χ1n) is 2.29. The minimum absolute atomic E-state index is 0.125. The smallest absolute Gasteiger partial charge is 0.198 e. The summed E-state index contributed by atoms with van der Waals surface area (Å²) in [4.78, 5) is 19.1. The Kier molecular flexibility index (Phi) is 4.07. The summed E-state index contributed by atoms with van der Waals surface area (Å²) < 4.78 is 0. The van der Waals surface area contributed by atoms with Crippen molar-refractivity contribution in [1.29, 1.82) is 0 Å². The van der Waals surface area contributed by atoms with Crippen molar-refractivity contribution in [3.8, 4) is 0 Å². The summed E-state index contributed by atoms with van der Waals surface area (Å²) in [5.41, 5.74) is 0. The van der Waals surface area contributed by atoms with Gasteiger partial charge in [-0.15, -0.1) is 0 Å². The van der Waals surface area contributed by atoms with Gasteiger partial charge in [-0.3, -0.25) is 4.79 Å². The fourth-order valence-corrected chi connectivity index (χ4v) is 0.275. The second-order valence-electron chi connectivity index (χ2n) is 1.39. The van der Waals surface area contributed by atoms with E-state index in [2.05, 4.69) is 0 Å². The molecule has 0 aliphatic heterocycles. The van der Waals surface area contributed by atoms with Gasteiger partial charge in [-0.05, 0) is 6.42 Å². The van der Waals surface area contributed by atoms with Crippen LogP contribution in [0.1, 0.15) is 12.8 Å². The van der Waals surface area contributed by atoms with Crippen LogP contribution < -0.4 is 0 Å². The van der Waals surface area contributed by atoms with Gasteiger partial charge in [-0.25, -0.2) is 0 Å². The molecular formula is C5H7O3. The summed E-state index contributed by atoms with van der Waals surface area (Å²) >= 11 is 0. The van der Waals surface area contributed by atoms with Gasteiger partial charge >= 0.3 is 0 Å². The standard InChI is InChI=1S/C5H7O3/c6-3-1-2-5(8)4-7/h4-5,8H,1-2H2. The fraction of sp³-hybridized carbons (Fsp3) is 0.600. The van der Waals surface area contributed by atoms with E-state index in [0.717, 1.165) is 0 Å². The molecule has 0 saturated carbocycles. The predicted octanol–water partition coefficient (Wildman–Crippen LogP) is -0.564. The molecule has 0 fully saturated rings. The Morgan fingerprint density at radius 2 is 2.38 bits per heavy atom. The van der Waals surface area contributed by atoms with Gasteiger partial charge in [0.05, 0.1) is 0 Å². The zero-order valence-corrected chi connectivity index (χ0v) is 4.33. The molecule has 0 aliphatic carbocycles. The van der Waals surface area contributed by atoms with Gasteiger partial charge in [0, 0.05) is 6.42 Å². The molecule has 3 nitrogen and oxygen atoms in total. The summed E-state index contributed by atoms with van der Waals surface area (Å²) in [6, 6.07) is 0. The zero-order chi connectivity index (χ0) is 6.41. The third kappa shape index (κ3) is 3.49. The fourth-order valence-electron chi connectivity index (χ4n) is 0.275. The monoisotopic (exact) mass is 115 g/mol. The Bertz CT molecular complexity index is 79.7. The molecule has 0 aromatic rings. The molecule has 0 saturated heterocycles. The molecule has 0 amide bonds.